The monoisotopic (exact) mass is 300 g/mol. The summed E-state index contributed by atoms with van der Waals surface area (Å²) in [6, 6.07) is 5.46. The maximum Gasteiger partial charge on any atom is 0.237 e. The minimum atomic E-state index is -0.438. The highest BCUT2D eigenvalue weighted by Crippen LogP contribution is 2.18. The molecule has 0 radical (unpaired) electrons. The topological polar surface area (TPSA) is 64.3 Å². The zero-order valence-corrected chi connectivity index (χ0v) is 13.4. The van der Waals surface area contributed by atoms with Gasteiger partial charge in [0, 0.05) is 6.54 Å². The van der Waals surface area contributed by atoms with Crippen LogP contribution in [0.15, 0.2) is 18.2 Å². The van der Waals surface area contributed by atoms with Gasteiger partial charge in [-0.15, -0.1) is 12.4 Å². The summed E-state index contributed by atoms with van der Waals surface area (Å²) >= 11 is 0. The van der Waals surface area contributed by atoms with E-state index in [1.165, 1.54) is 0 Å². The van der Waals surface area contributed by atoms with Gasteiger partial charge in [-0.3, -0.25) is 4.79 Å². The van der Waals surface area contributed by atoms with Crippen LogP contribution in [-0.4, -0.2) is 19.1 Å². The van der Waals surface area contributed by atoms with Gasteiger partial charge in [0.05, 0.1) is 13.2 Å². The van der Waals surface area contributed by atoms with Crippen LogP contribution in [0, 0.1) is 12.8 Å². The molecular weight excluding hydrogens is 276 g/mol. The van der Waals surface area contributed by atoms with Gasteiger partial charge in [-0.2, -0.15) is 0 Å². The fourth-order valence-corrected chi connectivity index (χ4v) is 1.91. The first-order valence-corrected chi connectivity index (χ1v) is 6.60. The molecule has 0 saturated heterocycles. The van der Waals surface area contributed by atoms with Gasteiger partial charge in [-0.05, 0) is 36.5 Å². The summed E-state index contributed by atoms with van der Waals surface area (Å²) in [6.07, 6.45) is 0.697. The highest BCUT2D eigenvalue weighted by molar-refractivity contribution is 5.85. The maximum atomic E-state index is 11.8. The Morgan fingerprint density at radius 1 is 1.40 bits per heavy atom. The van der Waals surface area contributed by atoms with E-state index in [9.17, 15) is 4.79 Å². The molecule has 0 aliphatic heterocycles. The molecule has 0 aliphatic rings. The molecule has 3 N–H and O–H groups in total. The maximum absolute atomic E-state index is 11.8. The summed E-state index contributed by atoms with van der Waals surface area (Å²) < 4.78 is 5.26. The Morgan fingerprint density at radius 3 is 2.60 bits per heavy atom. The molecule has 20 heavy (non-hydrogen) atoms. The van der Waals surface area contributed by atoms with E-state index in [2.05, 4.69) is 19.2 Å². The number of amides is 1. The molecular formula is C15H25ClN2O2. The van der Waals surface area contributed by atoms with E-state index in [-0.39, 0.29) is 18.3 Å². The number of rotatable bonds is 6. The average molecular weight is 301 g/mol. The average Bonchev–Trinajstić information content (AvgIpc) is 2.36. The van der Waals surface area contributed by atoms with E-state index in [1.54, 1.807) is 7.11 Å². The fraction of sp³-hybridized carbons (Fsp3) is 0.533. The van der Waals surface area contributed by atoms with Crippen LogP contribution in [0.1, 0.15) is 31.4 Å². The van der Waals surface area contributed by atoms with Crippen LogP contribution in [0.25, 0.3) is 0 Å². The molecule has 0 unspecified atom stereocenters. The van der Waals surface area contributed by atoms with Crippen LogP contribution in [0.5, 0.6) is 5.75 Å². The third-order valence-corrected chi connectivity index (χ3v) is 3.00. The number of nitrogens with two attached hydrogens (primary N) is 1. The number of benzene rings is 1. The predicted molar refractivity (Wildman–Crippen MR) is 84.3 cm³/mol. The van der Waals surface area contributed by atoms with Crippen molar-refractivity contribution in [1.29, 1.82) is 0 Å². The molecule has 1 atom stereocenters. The summed E-state index contributed by atoms with van der Waals surface area (Å²) in [6.45, 7) is 6.57. The van der Waals surface area contributed by atoms with Gasteiger partial charge < -0.3 is 15.8 Å². The lowest BCUT2D eigenvalue weighted by Crippen LogP contribution is -2.41. The quantitative estimate of drug-likeness (QED) is 0.848. The molecule has 4 nitrogen and oxygen atoms in total. The largest absolute Gasteiger partial charge is 0.496 e. The van der Waals surface area contributed by atoms with E-state index in [0.29, 0.717) is 18.9 Å². The van der Waals surface area contributed by atoms with E-state index in [4.69, 9.17) is 10.5 Å². The van der Waals surface area contributed by atoms with Crippen molar-refractivity contribution in [2.45, 2.75) is 39.8 Å². The zero-order valence-electron chi connectivity index (χ0n) is 12.6. The number of carbonyl (C=O) groups is 1. The van der Waals surface area contributed by atoms with E-state index in [1.807, 2.05) is 25.1 Å². The number of aryl methyl sites for hydroxylation is 1. The molecule has 114 valence electrons. The first kappa shape index (κ1) is 18.7. The second-order valence-electron chi connectivity index (χ2n) is 5.26. The van der Waals surface area contributed by atoms with Crippen LogP contribution in [0.3, 0.4) is 0 Å². The Bertz CT molecular complexity index is 436. The highest BCUT2D eigenvalue weighted by atomic mass is 35.5. The first-order valence-electron chi connectivity index (χ1n) is 6.60. The number of halogens is 1. The lowest BCUT2D eigenvalue weighted by atomic mass is 10.0. The van der Waals surface area contributed by atoms with Gasteiger partial charge in [0.1, 0.15) is 5.75 Å². The van der Waals surface area contributed by atoms with E-state index < -0.39 is 6.04 Å². The van der Waals surface area contributed by atoms with Crippen molar-refractivity contribution in [2.24, 2.45) is 11.7 Å². The molecule has 0 spiro atoms. The van der Waals surface area contributed by atoms with Crippen molar-refractivity contribution in [3.63, 3.8) is 0 Å². The molecule has 1 amide bonds. The molecule has 0 bridgehead atoms. The highest BCUT2D eigenvalue weighted by Gasteiger charge is 2.14. The molecule has 0 aromatic heterocycles. The molecule has 0 saturated carbocycles. The van der Waals surface area contributed by atoms with Crippen LogP contribution in [-0.2, 0) is 11.3 Å². The molecule has 1 rings (SSSR count). The van der Waals surface area contributed by atoms with Gasteiger partial charge in [-0.1, -0.05) is 26.0 Å². The predicted octanol–water partition coefficient (Wildman–Crippen LogP) is 2.42. The molecule has 0 heterocycles. The Balaban J connectivity index is 0.00000361. The lowest BCUT2D eigenvalue weighted by molar-refractivity contribution is -0.122. The van der Waals surface area contributed by atoms with Crippen LogP contribution < -0.4 is 15.8 Å². The standard InChI is InChI=1S/C15H24N2O2.ClH/c1-10(2)7-13(16)15(18)17-9-12-6-5-11(3)14(8-12)19-4;/h5-6,8,10,13H,7,9,16H2,1-4H3,(H,17,18);1H/t13-;/m0./s1. The van der Waals surface area contributed by atoms with Crippen LogP contribution in [0.4, 0.5) is 0 Å². The van der Waals surface area contributed by atoms with Crippen molar-refractivity contribution < 1.29 is 9.53 Å². The third-order valence-electron chi connectivity index (χ3n) is 3.00. The van der Waals surface area contributed by atoms with Gasteiger partial charge in [-0.25, -0.2) is 0 Å². The smallest absolute Gasteiger partial charge is 0.237 e. The van der Waals surface area contributed by atoms with Gasteiger partial charge in [0.25, 0.3) is 0 Å². The summed E-state index contributed by atoms with van der Waals surface area (Å²) in [5.41, 5.74) is 7.91. The fourth-order valence-electron chi connectivity index (χ4n) is 1.91. The number of ether oxygens (including phenoxy) is 1. The van der Waals surface area contributed by atoms with Gasteiger partial charge in [0.15, 0.2) is 0 Å². The van der Waals surface area contributed by atoms with Gasteiger partial charge in [0.2, 0.25) is 5.91 Å². The zero-order chi connectivity index (χ0) is 14.4. The van der Waals surface area contributed by atoms with Crippen LogP contribution in [0.2, 0.25) is 0 Å². The van der Waals surface area contributed by atoms with Crippen molar-refractivity contribution in [2.75, 3.05) is 7.11 Å². The second-order valence-corrected chi connectivity index (χ2v) is 5.26. The minimum Gasteiger partial charge on any atom is -0.496 e. The van der Waals surface area contributed by atoms with E-state index >= 15 is 0 Å². The summed E-state index contributed by atoms with van der Waals surface area (Å²) in [7, 11) is 1.64. The van der Waals surface area contributed by atoms with Crippen molar-refractivity contribution in [1.82, 2.24) is 5.32 Å². The summed E-state index contributed by atoms with van der Waals surface area (Å²) in [5.74, 6) is 1.15. The number of carbonyl (C=O) groups excluding carboxylic acids is 1. The minimum absolute atomic E-state index is 0. The normalized spacial score (nSPS) is 11.7. The van der Waals surface area contributed by atoms with Crippen LogP contribution >= 0.6 is 12.4 Å². The summed E-state index contributed by atoms with van der Waals surface area (Å²) in [5, 5.41) is 2.86. The second kappa shape index (κ2) is 8.82. The van der Waals surface area contributed by atoms with Crippen molar-refractivity contribution in [3.05, 3.63) is 29.3 Å². The van der Waals surface area contributed by atoms with Crippen molar-refractivity contribution >= 4 is 18.3 Å². The third kappa shape index (κ3) is 5.80. The Morgan fingerprint density at radius 2 is 2.05 bits per heavy atom. The summed E-state index contributed by atoms with van der Waals surface area (Å²) in [4.78, 5) is 11.8. The Kier molecular flexibility index (Phi) is 8.26. The number of methoxy groups -OCH3 is 1. The molecule has 1 aromatic carbocycles. The lowest BCUT2D eigenvalue weighted by Gasteiger charge is -2.14. The van der Waals surface area contributed by atoms with Gasteiger partial charge >= 0.3 is 0 Å². The SMILES string of the molecule is COc1cc(CNC(=O)[C@@H](N)CC(C)C)ccc1C.Cl. The molecule has 5 heteroatoms. The Labute approximate surface area is 127 Å². The molecule has 0 aliphatic carbocycles. The molecule has 1 aromatic rings. The first-order chi connectivity index (χ1) is 8.93. The number of hydrogen-bond acceptors (Lipinski definition) is 3. The number of nitrogens with one attached hydrogen (secondary N) is 1. The number of hydrogen-bond donors (Lipinski definition) is 2. The van der Waals surface area contributed by atoms with E-state index in [0.717, 1.165) is 16.9 Å². The van der Waals surface area contributed by atoms with Crippen molar-refractivity contribution in [3.8, 4) is 5.75 Å². The Hall–Kier alpha value is -1.26. The molecule has 0 fully saturated rings.